The Morgan fingerprint density at radius 1 is 0.684 bits per heavy atom. The van der Waals surface area contributed by atoms with Crippen molar-refractivity contribution in [3.8, 4) is 0 Å². The van der Waals surface area contributed by atoms with E-state index in [0.717, 1.165) is 9.94 Å². The summed E-state index contributed by atoms with van der Waals surface area (Å²) in [5.74, 6) is 0. The second kappa shape index (κ2) is 15.3. The third-order valence-electron chi connectivity index (χ3n) is 3.69. The summed E-state index contributed by atoms with van der Waals surface area (Å²) in [5, 5.41) is 0. The maximum atomic E-state index is 3.57. The van der Waals surface area contributed by atoms with E-state index in [1.807, 2.05) is 0 Å². The summed E-state index contributed by atoms with van der Waals surface area (Å²) in [7, 11) is 4.59. The zero-order valence-corrected chi connectivity index (χ0v) is 16.6. The lowest BCUT2D eigenvalue weighted by atomic mass is 10.1. The third kappa shape index (κ3) is 16.9. The summed E-state index contributed by atoms with van der Waals surface area (Å²) in [5.41, 5.74) is 1.07. The lowest BCUT2D eigenvalue weighted by Gasteiger charge is -2.26. The maximum absolute atomic E-state index is 3.57. The van der Waals surface area contributed by atoms with Crippen molar-refractivity contribution in [2.45, 2.75) is 77.6 Å². The van der Waals surface area contributed by atoms with Crippen LogP contribution in [0.3, 0.4) is 0 Å². The minimum atomic E-state index is 0. The summed E-state index contributed by atoms with van der Waals surface area (Å²) in [6.45, 7) is 3.60. The van der Waals surface area contributed by atoms with Gasteiger partial charge in [0.05, 0.1) is 20.6 Å². The monoisotopic (exact) mass is 399 g/mol. The van der Waals surface area contributed by atoms with Gasteiger partial charge < -0.3 is 21.5 Å². The van der Waals surface area contributed by atoms with E-state index in [0.29, 0.717) is 0 Å². The Labute approximate surface area is 141 Å². The number of unbranched alkanes of at least 4 members (excludes halogenated alkanes) is 10. The first-order valence-corrected chi connectivity index (χ1v) is 9.12. The zero-order chi connectivity index (χ0) is 13.7. The number of nitrogens with zero attached hydrogens (tertiary/aromatic N) is 1. The first kappa shape index (κ1) is 22.2. The quantitative estimate of drug-likeness (QED) is 0.193. The van der Waals surface area contributed by atoms with Crippen molar-refractivity contribution in [3.05, 3.63) is 0 Å². The first-order chi connectivity index (χ1) is 8.62. The van der Waals surface area contributed by atoms with Crippen LogP contribution in [0, 0.1) is 0 Å². The second-order valence-electron chi connectivity index (χ2n) is 6.31. The number of quaternary nitrogens is 1. The summed E-state index contributed by atoms with van der Waals surface area (Å²) < 4.78 is 1.11. The van der Waals surface area contributed by atoms with Gasteiger partial charge in [-0.15, -0.1) is 0 Å². The van der Waals surface area contributed by atoms with Crippen molar-refractivity contribution in [2.75, 3.05) is 26.1 Å². The van der Waals surface area contributed by atoms with Gasteiger partial charge in [-0.1, -0.05) is 64.7 Å². The van der Waals surface area contributed by atoms with Crippen LogP contribution in [0.4, 0.5) is 0 Å². The van der Waals surface area contributed by atoms with Gasteiger partial charge in [-0.05, 0) is 28.8 Å². The normalized spacial score (nSPS) is 11.4. The Morgan fingerprint density at radius 2 is 1.05 bits per heavy atom. The van der Waals surface area contributed by atoms with Crippen LogP contribution >= 0.6 is 15.9 Å². The molecule has 0 fully saturated rings. The van der Waals surface area contributed by atoms with E-state index >= 15 is 0 Å². The molecule has 0 atom stereocenters. The van der Waals surface area contributed by atoms with Gasteiger partial charge >= 0.3 is 0 Å². The van der Waals surface area contributed by atoms with Crippen LogP contribution in [0.25, 0.3) is 0 Å². The average Bonchev–Trinajstić information content (AvgIpc) is 2.36. The topological polar surface area (TPSA) is 0 Å². The fourth-order valence-electron chi connectivity index (χ4n) is 2.26. The molecule has 0 aromatic rings. The molecule has 0 amide bonds. The number of hydrogen-bond acceptors (Lipinski definition) is 0. The second-order valence-corrected chi connectivity index (χ2v) is 6.82. The molecule has 0 bridgehead atoms. The average molecular weight is 401 g/mol. The molecule has 0 aromatic carbocycles. The summed E-state index contributed by atoms with van der Waals surface area (Å²) in [4.78, 5) is 0. The van der Waals surface area contributed by atoms with Crippen LogP contribution in [0.1, 0.15) is 77.6 Å². The van der Waals surface area contributed by atoms with Crippen LogP contribution in [0.2, 0.25) is 0 Å². The minimum absolute atomic E-state index is 0. The molecule has 0 aliphatic rings. The van der Waals surface area contributed by atoms with E-state index in [9.17, 15) is 0 Å². The van der Waals surface area contributed by atoms with Gasteiger partial charge in [0.2, 0.25) is 0 Å². The first-order valence-electron chi connectivity index (χ1n) is 8.00. The van der Waals surface area contributed by atoms with E-state index in [1.165, 1.54) is 77.2 Å². The Balaban J connectivity index is 0. The Kier molecular flexibility index (Phi) is 17.9. The highest BCUT2D eigenvalue weighted by Crippen LogP contribution is 2.12. The highest BCUT2D eigenvalue weighted by molar-refractivity contribution is 9.09. The van der Waals surface area contributed by atoms with E-state index in [-0.39, 0.29) is 17.0 Å². The molecule has 0 aromatic heterocycles. The number of halogens is 2. The SMILES string of the molecule is CCCCCCCCCCCCC[N+](C)(C)CBr.[Br-]. The molecule has 118 valence electrons. The number of alkyl halides is 1. The van der Waals surface area contributed by atoms with Crippen molar-refractivity contribution >= 4 is 15.9 Å². The standard InChI is InChI=1S/C16H35BrN.BrH/c1-4-5-6-7-8-9-10-11-12-13-14-15-18(2,3)16-17;/h4-16H2,1-3H3;1H/q+1;/p-1. The van der Waals surface area contributed by atoms with Crippen molar-refractivity contribution < 1.29 is 21.5 Å². The Morgan fingerprint density at radius 3 is 1.42 bits per heavy atom. The molecular weight excluding hydrogens is 366 g/mol. The predicted molar refractivity (Wildman–Crippen MR) is 87.2 cm³/mol. The van der Waals surface area contributed by atoms with Crippen LogP contribution in [-0.2, 0) is 0 Å². The lowest BCUT2D eigenvalue weighted by Crippen LogP contribution is -3.00. The molecule has 0 radical (unpaired) electrons. The third-order valence-corrected chi connectivity index (χ3v) is 5.05. The molecule has 0 heterocycles. The fourth-order valence-corrected chi connectivity index (χ4v) is 2.51. The van der Waals surface area contributed by atoms with Gasteiger partial charge in [0.1, 0.15) is 5.45 Å². The van der Waals surface area contributed by atoms with Crippen LogP contribution < -0.4 is 17.0 Å². The van der Waals surface area contributed by atoms with Gasteiger partial charge in [-0.3, -0.25) is 0 Å². The minimum Gasteiger partial charge on any atom is -1.00 e. The van der Waals surface area contributed by atoms with Crippen molar-refractivity contribution in [1.82, 2.24) is 0 Å². The summed E-state index contributed by atoms with van der Waals surface area (Å²) in [6, 6.07) is 0. The summed E-state index contributed by atoms with van der Waals surface area (Å²) >= 11 is 3.57. The van der Waals surface area contributed by atoms with Crippen LogP contribution in [0.15, 0.2) is 0 Å². The Bertz CT molecular complexity index is 172. The van der Waals surface area contributed by atoms with Crippen molar-refractivity contribution in [3.63, 3.8) is 0 Å². The van der Waals surface area contributed by atoms with E-state index in [2.05, 4.69) is 36.9 Å². The smallest absolute Gasteiger partial charge is 0.133 e. The molecule has 0 aliphatic heterocycles. The summed E-state index contributed by atoms with van der Waals surface area (Å²) in [6.07, 6.45) is 15.8. The molecule has 0 saturated carbocycles. The molecular formula is C16H35Br2N. The lowest BCUT2D eigenvalue weighted by molar-refractivity contribution is -0.876. The van der Waals surface area contributed by atoms with Gasteiger partial charge in [-0.2, -0.15) is 0 Å². The Hall–Kier alpha value is 0.920. The molecule has 0 rings (SSSR count). The molecule has 0 N–H and O–H groups in total. The highest BCUT2D eigenvalue weighted by atomic mass is 79.9. The van der Waals surface area contributed by atoms with Crippen molar-refractivity contribution in [2.24, 2.45) is 0 Å². The van der Waals surface area contributed by atoms with E-state index in [4.69, 9.17) is 0 Å². The molecule has 0 saturated heterocycles. The molecule has 0 aliphatic carbocycles. The predicted octanol–water partition coefficient (Wildman–Crippen LogP) is 2.73. The number of rotatable bonds is 13. The molecule has 1 nitrogen and oxygen atoms in total. The van der Waals surface area contributed by atoms with Crippen molar-refractivity contribution in [1.29, 1.82) is 0 Å². The molecule has 19 heavy (non-hydrogen) atoms. The van der Waals surface area contributed by atoms with E-state index in [1.54, 1.807) is 0 Å². The maximum Gasteiger partial charge on any atom is 0.133 e. The van der Waals surface area contributed by atoms with Crippen LogP contribution in [0.5, 0.6) is 0 Å². The number of hydrogen-bond donors (Lipinski definition) is 0. The highest BCUT2D eigenvalue weighted by Gasteiger charge is 2.10. The molecule has 0 spiro atoms. The zero-order valence-electron chi connectivity index (χ0n) is 13.4. The van der Waals surface area contributed by atoms with Gasteiger partial charge in [0.25, 0.3) is 0 Å². The van der Waals surface area contributed by atoms with Gasteiger partial charge in [-0.25, -0.2) is 0 Å². The molecule has 3 heteroatoms. The van der Waals surface area contributed by atoms with Gasteiger partial charge in [0, 0.05) is 0 Å². The molecule has 0 unspecified atom stereocenters. The van der Waals surface area contributed by atoms with Crippen LogP contribution in [-0.4, -0.2) is 30.6 Å². The van der Waals surface area contributed by atoms with E-state index < -0.39 is 0 Å². The largest absolute Gasteiger partial charge is 1.00 e. The van der Waals surface area contributed by atoms with Gasteiger partial charge in [0.15, 0.2) is 0 Å². The fraction of sp³-hybridized carbons (Fsp3) is 1.00.